The Balaban J connectivity index is 2.49. The zero-order chi connectivity index (χ0) is 14.2. The predicted octanol–water partition coefficient (Wildman–Crippen LogP) is 2.25. The molecule has 0 aromatic carbocycles. The van der Waals surface area contributed by atoms with Gasteiger partial charge in [0.25, 0.3) is 0 Å². The molecule has 2 atom stereocenters. The number of hydrogen-bond donors (Lipinski definition) is 0. The fraction of sp³-hybridized carbons (Fsp3) is 0.600. The van der Waals surface area contributed by atoms with Crippen molar-refractivity contribution in [2.24, 2.45) is 17.3 Å². The third-order valence-electron chi connectivity index (χ3n) is 4.32. The molecular weight excluding hydrogens is 244 g/mol. The van der Waals surface area contributed by atoms with E-state index in [1.807, 2.05) is 13.8 Å². The van der Waals surface area contributed by atoms with Crippen LogP contribution in [0.2, 0.25) is 0 Å². The maximum absolute atomic E-state index is 12.1. The number of fused-ring (bicyclic) bond motifs is 1. The number of rotatable bonds is 2. The molecule has 0 aromatic rings. The maximum Gasteiger partial charge on any atom is 0.330 e. The van der Waals surface area contributed by atoms with Gasteiger partial charge in [0.1, 0.15) is 0 Å². The highest BCUT2D eigenvalue weighted by molar-refractivity contribution is 5.87. The summed E-state index contributed by atoms with van der Waals surface area (Å²) in [6.45, 7) is 4.08. The van der Waals surface area contributed by atoms with Crippen molar-refractivity contribution in [2.45, 2.75) is 26.7 Å². The molecule has 4 nitrogen and oxygen atoms in total. The van der Waals surface area contributed by atoms with E-state index in [1.165, 1.54) is 25.9 Å². The van der Waals surface area contributed by atoms with Crippen LogP contribution in [0.1, 0.15) is 26.7 Å². The molecule has 0 radical (unpaired) electrons. The van der Waals surface area contributed by atoms with E-state index < -0.39 is 11.9 Å². The molecule has 0 aromatic heterocycles. The van der Waals surface area contributed by atoms with Crippen molar-refractivity contribution < 1.29 is 19.1 Å². The van der Waals surface area contributed by atoms with Crippen molar-refractivity contribution in [1.82, 2.24) is 0 Å². The molecule has 0 bridgehead atoms. The van der Waals surface area contributed by atoms with Gasteiger partial charge in [-0.05, 0) is 18.4 Å². The Kier molecular flexibility index (Phi) is 3.52. The molecule has 0 amide bonds. The van der Waals surface area contributed by atoms with Crippen LogP contribution in [-0.4, -0.2) is 26.2 Å². The average Bonchev–Trinajstić information content (AvgIpc) is 2.92. The molecule has 0 heterocycles. The highest BCUT2D eigenvalue weighted by Crippen LogP contribution is 2.57. The molecule has 0 saturated heterocycles. The van der Waals surface area contributed by atoms with Crippen molar-refractivity contribution in [3.63, 3.8) is 0 Å². The highest BCUT2D eigenvalue weighted by atomic mass is 16.5. The molecule has 4 heteroatoms. The smallest absolute Gasteiger partial charge is 0.330 e. The Morgan fingerprint density at radius 3 is 2.58 bits per heavy atom. The van der Waals surface area contributed by atoms with Crippen LogP contribution in [0, 0.1) is 17.3 Å². The van der Waals surface area contributed by atoms with E-state index in [1.54, 1.807) is 0 Å². The zero-order valence-electron chi connectivity index (χ0n) is 11.9. The molecule has 0 spiro atoms. The summed E-state index contributed by atoms with van der Waals surface area (Å²) in [5.74, 6) is -0.908. The Bertz CT molecular complexity index is 471. The summed E-state index contributed by atoms with van der Waals surface area (Å²) >= 11 is 0. The van der Waals surface area contributed by atoms with E-state index in [2.05, 4.69) is 6.08 Å². The lowest BCUT2D eigenvalue weighted by molar-refractivity contribution is -0.146. The SMILES string of the molecule is COC(=O)/C=C1/[C@@H](C(=O)OC)C(C)(C)C2=CCC[C@@H]21. The number of allylic oxidation sites excluding steroid dienone is 2. The first-order valence-electron chi connectivity index (χ1n) is 6.51. The minimum Gasteiger partial charge on any atom is -0.469 e. The molecule has 1 fully saturated rings. The molecule has 19 heavy (non-hydrogen) atoms. The molecule has 1 saturated carbocycles. The largest absolute Gasteiger partial charge is 0.469 e. The Labute approximate surface area is 113 Å². The van der Waals surface area contributed by atoms with E-state index in [-0.39, 0.29) is 17.3 Å². The zero-order valence-corrected chi connectivity index (χ0v) is 11.9. The average molecular weight is 264 g/mol. The first-order valence-corrected chi connectivity index (χ1v) is 6.51. The molecule has 0 N–H and O–H groups in total. The number of carbonyl (C=O) groups excluding carboxylic acids is 2. The third kappa shape index (κ3) is 2.09. The third-order valence-corrected chi connectivity index (χ3v) is 4.32. The topological polar surface area (TPSA) is 52.6 Å². The lowest BCUT2D eigenvalue weighted by atomic mass is 9.78. The second-order valence-electron chi connectivity index (χ2n) is 5.63. The van der Waals surface area contributed by atoms with Crippen LogP contribution in [-0.2, 0) is 19.1 Å². The van der Waals surface area contributed by atoms with E-state index in [0.717, 1.165) is 18.4 Å². The molecule has 0 unspecified atom stereocenters. The molecule has 0 aliphatic heterocycles. The van der Waals surface area contributed by atoms with Crippen LogP contribution in [0.25, 0.3) is 0 Å². The van der Waals surface area contributed by atoms with Crippen molar-refractivity contribution in [2.75, 3.05) is 14.2 Å². The van der Waals surface area contributed by atoms with Gasteiger partial charge in [0, 0.05) is 17.4 Å². The second-order valence-corrected chi connectivity index (χ2v) is 5.63. The standard InChI is InChI=1S/C15H20O4/c1-15(2)11-7-5-6-9(11)10(8-12(16)18-3)13(15)14(17)19-4/h7-9,13H,5-6H2,1-4H3/b10-8+/t9-,13+/m1/s1. The van der Waals surface area contributed by atoms with E-state index >= 15 is 0 Å². The van der Waals surface area contributed by atoms with Crippen LogP contribution in [0.15, 0.2) is 23.3 Å². The number of methoxy groups -OCH3 is 2. The summed E-state index contributed by atoms with van der Waals surface area (Å²) in [4.78, 5) is 23.7. The van der Waals surface area contributed by atoms with Crippen molar-refractivity contribution in [3.05, 3.63) is 23.3 Å². The van der Waals surface area contributed by atoms with Gasteiger partial charge in [0.05, 0.1) is 20.1 Å². The first-order chi connectivity index (χ1) is 8.93. The van der Waals surface area contributed by atoms with Gasteiger partial charge in [0.2, 0.25) is 0 Å². The van der Waals surface area contributed by atoms with Crippen LogP contribution >= 0.6 is 0 Å². The summed E-state index contributed by atoms with van der Waals surface area (Å²) in [5, 5.41) is 0. The van der Waals surface area contributed by atoms with Crippen molar-refractivity contribution in [1.29, 1.82) is 0 Å². The van der Waals surface area contributed by atoms with Crippen LogP contribution < -0.4 is 0 Å². The monoisotopic (exact) mass is 264 g/mol. The molecule has 2 aliphatic carbocycles. The van der Waals surface area contributed by atoms with Gasteiger partial charge in [0.15, 0.2) is 0 Å². The van der Waals surface area contributed by atoms with Gasteiger partial charge in [-0.2, -0.15) is 0 Å². The van der Waals surface area contributed by atoms with Gasteiger partial charge in [-0.25, -0.2) is 4.79 Å². The van der Waals surface area contributed by atoms with Gasteiger partial charge in [-0.1, -0.05) is 25.5 Å². The van der Waals surface area contributed by atoms with Crippen molar-refractivity contribution in [3.8, 4) is 0 Å². The number of esters is 2. The minimum absolute atomic E-state index is 0.179. The van der Waals surface area contributed by atoms with E-state index in [0.29, 0.717) is 0 Å². The van der Waals surface area contributed by atoms with Gasteiger partial charge < -0.3 is 9.47 Å². The quantitative estimate of drug-likeness (QED) is 0.436. The molecule has 104 valence electrons. The summed E-state index contributed by atoms with van der Waals surface area (Å²) in [6, 6.07) is 0. The van der Waals surface area contributed by atoms with Crippen LogP contribution in [0.4, 0.5) is 0 Å². The summed E-state index contributed by atoms with van der Waals surface area (Å²) in [6.07, 6.45) is 5.61. The number of ether oxygens (including phenoxy) is 2. The van der Waals surface area contributed by atoms with Crippen LogP contribution in [0.5, 0.6) is 0 Å². The second kappa shape index (κ2) is 4.83. The Hall–Kier alpha value is -1.58. The van der Waals surface area contributed by atoms with Gasteiger partial charge in [-0.15, -0.1) is 0 Å². The van der Waals surface area contributed by atoms with Gasteiger partial charge >= 0.3 is 11.9 Å². The molecule has 2 aliphatic rings. The van der Waals surface area contributed by atoms with Crippen molar-refractivity contribution >= 4 is 11.9 Å². The van der Waals surface area contributed by atoms with Crippen LogP contribution in [0.3, 0.4) is 0 Å². The van der Waals surface area contributed by atoms with Gasteiger partial charge in [-0.3, -0.25) is 4.79 Å². The normalized spacial score (nSPS) is 29.9. The molecular formula is C15H20O4. The minimum atomic E-state index is -0.409. The number of carbonyl (C=O) groups is 2. The summed E-state index contributed by atoms with van der Waals surface area (Å²) in [5.41, 5.74) is 1.79. The summed E-state index contributed by atoms with van der Waals surface area (Å²) in [7, 11) is 2.73. The fourth-order valence-corrected chi connectivity index (χ4v) is 3.47. The first kappa shape index (κ1) is 13.8. The van der Waals surface area contributed by atoms with E-state index in [4.69, 9.17) is 9.47 Å². The fourth-order valence-electron chi connectivity index (χ4n) is 3.47. The Morgan fingerprint density at radius 1 is 1.32 bits per heavy atom. The summed E-state index contributed by atoms with van der Waals surface area (Å²) < 4.78 is 9.62. The van der Waals surface area contributed by atoms with E-state index in [9.17, 15) is 9.59 Å². The highest BCUT2D eigenvalue weighted by Gasteiger charge is 2.53. The molecule has 2 rings (SSSR count). The number of hydrogen-bond acceptors (Lipinski definition) is 4. The lowest BCUT2D eigenvalue weighted by Gasteiger charge is -2.26. The Morgan fingerprint density at radius 2 is 2.00 bits per heavy atom. The lowest BCUT2D eigenvalue weighted by Crippen LogP contribution is -2.29. The maximum atomic E-state index is 12.1. The predicted molar refractivity (Wildman–Crippen MR) is 70.2 cm³/mol.